The second-order valence-corrected chi connectivity index (χ2v) is 3.47. The van der Waals surface area contributed by atoms with Crippen LogP contribution in [0.4, 0.5) is 0 Å². The SMILES string of the molecule is CC1(C)CC(C)(N=[N+]=[N-])OO1. The molecule has 0 aromatic rings. The molecule has 11 heavy (non-hydrogen) atoms. The molecule has 0 bridgehead atoms. The van der Waals surface area contributed by atoms with E-state index < -0.39 is 5.72 Å². The third-order valence-corrected chi connectivity index (χ3v) is 1.46. The summed E-state index contributed by atoms with van der Waals surface area (Å²) in [7, 11) is 0. The zero-order valence-corrected chi connectivity index (χ0v) is 6.87. The zero-order chi connectivity index (χ0) is 8.54. The van der Waals surface area contributed by atoms with Crippen LogP contribution < -0.4 is 0 Å². The molecule has 0 aromatic carbocycles. The van der Waals surface area contributed by atoms with E-state index in [4.69, 9.17) is 15.3 Å². The number of rotatable bonds is 1. The molecule has 0 aromatic heterocycles. The van der Waals surface area contributed by atoms with Gasteiger partial charge in [-0.1, -0.05) is 5.11 Å². The van der Waals surface area contributed by atoms with Crippen LogP contribution in [0.15, 0.2) is 5.11 Å². The third-order valence-electron chi connectivity index (χ3n) is 1.46. The quantitative estimate of drug-likeness (QED) is 0.253. The van der Waals surface area contributed by atoms with Gasteiger partial charge in [-0.2, -0.15) is 0 Å². The molecule has 1 rings (SSSR count). The van der Waals surface area contributed by atoms with Gasteiger partial charge < -0.3 is 0 Å². The van der Waals surface area contributed by atoms with Crippen molar-refractivity contribution in [2.24, 2.45) is 5.11 Å². The molecule has 5 heteroatoms. The molecule has 1 fully saturated rings. The lowest BCUT2D eigenvalue weighted by molar-refractivity contribution is -0.339. The first-order chi connectivity index (χ1) is 4.97. The Kier molecular flexibility index (Phi) is 1.80. The summed E-state index contributed by atoms with van der Waals surface area (Å²) in [4.78, 5) is 12.5. The summed E-state index contributed by atoms with van der Waals surface area (Å²) >= 11 is 0. The van der Waals surface area contributed by atoms with Crippen LogP contribution in [-0.4, -0.2) is 11.3 Å². The standard InChI is InChI=1S/C6H11N3O2/c1-5(2)4-6(3,8-9-7)11-10-5/h4H2,1-3H3. The molecule has 0 spiro atoms. The maximum absolute atomic E-state index is 8.18. The van der Waals surface area contributed by atoms with Crippen molar-refractivity contribution in [1.29, 1.82) is 0 Å². The number of azide groups is 1. The molecule has 0 N–H and O–H groups in total. The van der Waals surface area contributed by atoms with E-state index in [1.807, 2.05) is 13.8 Å². The minimum absolute atomic E-state index is 0.358. The first kappa shape index (κ1) is 8.33. The molecule has 1 aliphatic rings. The maximum Gasteiger partial charge on any atom is 0.182 e. The molecule has 62 valence electrons. The fraction of sp³-hybridized carbons (Fsp3) is 1.00. The number of hydrogen-bond donors (Lipinski definition) is 0. The summed E-state index contributed by atoms with van der Waals surface area (Å²) in [5.74, 6) is 0. The van der Waals surface area contributed by atoms with Crippen molar-refractivity contribution >= 4 is 0 Å². The van der Waals surface area contributed by atoms with Gasteiger partial charge in [0.15, 0.2) is 5.72 Å². The highest BCUT2D eigenvalue weighted by Gasteiger charge is 2.42. The Balaban J connectivity index is 2.72. The van der Waals surface area contributed by atoms with Crippen LogP contribution in [-0.2, 0) is 9.78 Å². The van der Waals surface area contributed by atoms with E-state index in [1.54, 1.807) is 6.92 Å². The maximum atomic E-state index is 8.18. The van der Waals surface area contributed by atoms with Gasteiger partial charge in [-0.25, -0.2) is 9.78 Å². The van der Waals surface area contributed by atoms with E-state index in [2.05, 4.69) is 10.0 Å². The van der Waals surface area contributed by atoms with Crippen molar-refractivity contribution < 1.29 is 9.78 Å². The van der Waals surface area contributed by atoms with E-state index in [9.17, 15) is 0 Å². The highest BCUT2D eigenvalue weighted by Crippen LogP contribution is 2.36. The highest BCUT2D eigenvalue weighted by atomic mass is 17.2. The van der Waals surface area contributed by atoms with Crippen molar-refractivity contribution in [2.75, 3.05) is 0 Å². The average molecular weight is 157 g/mol. The molecule has 0 aliphatic carbocycles. The molecule has 5 nitrogen and oxygen atoms in total. The Morgan fingerprint density at radius 1 is 1.36 bits per heavy atom. The van der Waals surface area contributed by atoms with Gasteiger partial charge in [0, 0.05) is 11.3 Å². The van der Waals surface area contributed by atoms with Crippen molar-refractivity contribution in [1.82, 2.24) is 0 Å². The van der Waals surface area contributed by atoms with Gasteiger partial charge in [0.25, 0.3) is 0 Å². The van der Waals surface area contributed by atoms with Crippen molar-refractivity contribution in [3.63, 3.8) is 0 Å². The normalized spacial score (nSPS) is 34.8. The molecule has 0 amide bonds. The minimum Gasteiger partial charge on any atom is -0.230 e. The fourth-order valence-electron chi connectivity index (χ4n) is 1.20. The van der Waals surface area contributed by atoms with Crippen LogP contribution >= 0.6 is 0 Å². The van der Waals surface area contributed by atoms with Crippen LogP contribution in [0.5, 0.6) is 0 Å². The van der Waals surface area contributed by atoms with Crippen LogP contribution in [0.2, 0.25) is 0 Å². The fourth-order valence-corrected chi connectivity index (χ4v) is 1.20. The Hall–Kier alpha value is -0.770. The van der Waals surface area contributed by atoms with Crippen molar-refractivity contribution in [2.45, 2.75) is 38.5 Å². The summed E-state index contributed by atoms with van der Waals surface area (Å²) in [6.07, 6.45) is 0.573. The lowest BCUT2D eigenvalue weighted by atomic mass is 9.99. The summed E-state index contributed by atoms with van der Waals surface area (Å²) in [5.41, 5.74) is 6.99. The highest BCUT2D eigenvalue weighted by molar-refractivity contribution is 4.85. The van der Waals surface area contributed by atoms with E-state index in [-0.39, 0.29) is 5.60 Å². The predicted molar refractivity (Wildman–Crippen MR) is 38.4 cm³/mol. The van der Waals surface area contributed by atoms with Crippen molar-refractivity contribution in [3.8, 4) is 0 Å². The monoisotopic (exact) mass is 157 g/mol. The van der Waals surface area contributed by atoms with Gasteiger partial charge in [0.2, 0.25) is 0 Å². The Labute approximate surface area is 64.8 Å². The molecule has 1 unspecified atom stereocenters. The summed E-state index contributed by atoms with van der Waals surface area (Å²) in [6, 6.07) is 0. The number of nitrogens with zero attached hydrogens (tertiary/aromatic N) is 3. The Bertz CT molecular complexity index is 210. The molecule has 1 heterocycles. The Morgan fingerprint density at radius 2 is 2.00 bits per heavy atom. The molecule has 1 atom stereocenters. The van der Waals surface area contributed by atoms with Crippen LogP contribution in [0.3, 0.4) is 0 Å². The second-order valence-electron chi connectivity index (χ2n) is 3.47. The molecule has 0 saturated carbocycles. The third kappa shape index (κ3) is 1.83. The van der Waals surface area contributed by atoms with Gasteiger partial charge in [0.05, 0.1) is 0 Å². The van der Waals surface area contributed by atoms with E-state index >= 15 is 0 Å². The lowest BCUT2D eigenvalue weighted by Crippen LogP contribution is -2.23. The first-order valence-corrected chi connectivity index (χ1v) is 3.41. The van der Waals surface area contributed by atoms with E-state index in [0.29, 0.717) is 6.42 Å². The van der Waals surface area contributed by atoms with Gasteiger partial charge >= 0.3 is 0 Å². The van der Waals surface area contributed by atoms with Gasteiger partial charge in [-0.3, -0.25) is 0 Å². The van der Waals surface area contributed by atoms with Crippen LogP contribution in [0.1, 0.15) is 27.2 Å². The van der Waals surface area contributed by atoms with Gasteiger partial charge in [-0.05, 0) is 26.3 Å². The van der Waals surface area contributed by atoms with Crippen molar-refractivity contribution in [3.05, 3.63) is 10.4 Å². The average Bonchev–Trinajstić information content (AvgIpc) is 2.07. The van der Waals surface area contributed by atoms with Gasteiger partial charge in [0.1, 0.15) is 5.60 Å². The Morgan fingerprint density at radius 3 is 2.36 bits per heavy atom. The van der Waals surface area contributed by atoms with Gasteiger partial charge in [-0.15, -0.1) is 0 Å². The molecule has 1 aliphatic heterocycles. The molecule has 1 saturated heterocycles. The summed E-state index contributed by atoms with van der Waals surface area (Å²) in [5, 5.41) is 3.48. The smallest absolute Gasteiger partial charge is 0.182 e. The topological polar surface area (TPSA) is 67.2 Å². The minimum atomic E-state index is -0.835. The lowest BCUT2D eigenvalue weighted by Gasteiger charge is -2.13. The predicted octanol–water partition coefficient (Wildman–Crippen LogP) is 2.14. The molecular weight excluding hydrogens is 146 g/mol. The molecular formula is C6H11N3O2. The summed E-state index contributed by atoms with van der Waals surface area (Å²) in [6.45, 7) is 5.46. The molecule has 0 radical (unpaired) electrons. The van der Waals surface area contributed by atoms with E-state index in [0.717, 1.165) is 0 Å². The van der Waals surface area contributed by atoms with E-state index in [1.165, 1.54) is 0 Å². The largest absolute Gasteiger partial charge is 0.230 e. The zero-order valence-electron chi connectivity index (χ0n) is 6.87. The van der Waals surface area contributed by atoms with Crippen LogP contribution in [0, 0.1) is 0 Å². The summed E-state index contributed by atoms with van der Waals surface area (Å²) < 4.78 is 0. The number of hydrogen-bond acceptors (Lipinski definition) is 3. The first-order valence-electron chi connectivity index (χ1n) is 3.41. The second kappa shape index (κ2) is 2.37. The van der Waals surface area contributed by atoms with Crippen LogP contribution in [0.25, 0.3) is 10.4 Å².